The van der Waals surface area contributed by atoms with Crippen molar-refractivity contribution in [3.05, 3.63) is 60.7 Å². The molecule has 0 amide bonds. The van der Waals surface area contributed by atoms with Gasteiger partial charge in [0, 0.05) is 56.1 Å². The number of nitrogens with one attached hydrogen (secondary N) is 2. The molecule has 0 radical (unpaired) electrons. The van der Waals surface area contributed by atoms with E-state index >= 15 is 0 Å². The molecule has 0 bridgehead atoms. The topological polar surface area (TPSA) is 92.5 Å². The monoisotopic (exact) mass is 444 g/mol. The Bertz CT molecular complexity index is 1220. The summed E-state index contributed by atoms with van der Waals surface area (Å²) < 4.78 is 7.59. The molecule has 9 nitrogen and oxygen atoms in total. The molecule has 1 aliphatic heterocycles. The van der Waals surface area contributed by atoms with Crippen LogP contribution >= 0.6 is 0 Å². The van der Waals surface area contributed by atoms with Crippen LogP contribution in [0, 0.1) is 0 Å². The van der Waals surface area contributed by atoms with E-state index in [-0.39, 0.29) is 0 Å². The largest absolute Gasteiger partial charge is 0.375 e. The quantitative estimate of drug-likeness (QED) is 0.364. The van der Waals surface area contributed by atoms with Gasteiger partial charge in [-0.05, 0) is 37.5 Å². The summed E-state index contributed by atoms with van der Waals surface area (Å²) in [6.07, 6.45) is 9.01. The van der Waals surface area contributed by atoms with E-state index in [9.17, 15) is 0 Å². The van der Waals surface area contributed by atoms with Gasteiger partial charge in [-0.2, -0.15) is 9.97 Å². The highest BCUT2D eigenvalue weighted by Crippen LogP contribution is 2.26. The van der Waals surface area contributed by atoms with E-state index in [1.54, 1.807) is 6.20 Å². The third kappa shape index (κ3) is 5.20. The average molecular weight is 445 g/mol. The number of nitrogens with zero attached hydrogens (tertiary/aromatic N) is 6. The molecule has 0 spiro atoms. The Kier molecular flexibility index (Phi) is 6.30. The molecule has 4 aromatic rings. The number of anilines is 5. The number of fused-ring (bicyclic) bond motifs is 1. The van der Waals surface area contributed by atoms with E-state index in [4.69, 9.17) is 14.7 Å². The van der Waals surface area contributed by atoms with Crippen LogP contribution in [0.5, 0.6) is 0 Å². The number of hydrogen-bond donors (Lipinski definition) is 2. The molecule has 5 heterocycles. The summed E-state index contributed by atoms with van der Waals surface area (Å²) in [4.78, 5) is 20.8. The molecule has 0 saturated carbocycles. The van der Waals surface area contributed by atoms with Crippen molar-refractivity contribution in [2.24, 2.45) is 0 Å². The smallest absolute Gasteiger partial charge is 0.232 e. The number of hydrogen-bond acceptors (Lipinski definition) is 8. The van der Waals surface area contributed by atoms with Crippen molar-refractivity contribution in [2.45, 2.75) is 32.8 Å². The number of aromatic nitrogens is 5. The van der Waals surface area contributed by atoms with Crippen LogP contribution in [0.25, 0.3) is 5.65 Å². The second kappa shape index (κ2) is 9.83. The van der Waals surface area contributed by atoms with Gasteiger partial charge in [0.1, 0.15) is 23.1 Å². The summed E-state index contributed by atoms with van der Waals surface area (Å²) in [7, 11) is 0. The van der Waals surface area contributed by atoms with Gasteiger partial charge in [-0.3, -0.25) is 0 Å². The Morgan fingerprint density at radius 3 is 2.76 bits per heavy atom. The van der Waals surface area contributed by atoms with Gasteiger partial charge in [-0.15, -0.1) is 0 Å². The van der Waals surface area contributed by atoms with Gasteiger partial charge >= 0.3 is 0 Å². The molecule has 33 heavy (non-hydrogen) atoms. The minimum absolute atomic E-state index is 0.487. The van der Waals surface area contributed by atoms with Crippen molar-refractivity contribution in [3.8, 4) is 0 Å². The predicted molar refractivity (Wildman–Crippen MR) is 129 cm³/mol. The molecule has 2 N–H and O–H groups in total. The summed E-state index contributed by atoms with van der Waals surface area (Å²) >= 11 is 0. The van der Waals surface area contributed by atoms with Crippen LogP contribution in [-0.2, 0) is 11.3 Å². The Balaban J connectivity index is 1.40. The third-order valence-electron chi connectivity index (χ3n) is 5.46. The van der Waals surface area contributed by atoms with Gasteiger partial charge < -0.3 is 24.7 Å². The van der Waals surface area contributed by atoms with Gasteiger partial charge in [0.25, 0.3) is 0 Å². The van der Waals surface area contributed by atoms with E-state index in [1.165, 1.54) is 12.8 Å². The van der Waals surface area contributed by atoms with Gasteiger partial charge in [-0.1, -0.05) is 13.0 Å². The lowest BCUT2D eigenvalue weighted by Crippen LogP contribution is -2.20. The molecule has 1 saturated heterocycles. The fourth-order valence-electron chi connectivity index (χ4n) is 3.86. The molecule has 5 rings (SSSR count). The molecule has 0 aliphatic carbocycles. The highest BCUT2D eigenvalue weighted by atomic mass is 16.5. The van der Waals surface area contributed by atoms with E-state index < -0.39 is 0 Å². The van der Waals surface area contributed by atoms with E-state index in [1.807, 2.05) is 53.2 Å². The number of pyridine rings is 2. The van der Waals surface area contributed by atoms with Crippen LogP contribution in [0.3, 0.4) is 0 Å². The first-order chi connectivity index (χ1) is 16.3. The molecule has 9 heteroatoms. The molecular weight excluding hydrogens is 416 g/mol. The molecule has 170 valence electrons. The first-order valence-corrected chi connectivity index (χ1v) is 11.4. The van der Waals surface area contributed by atoms with Gasteiger partial charge in [-0.25, -0.2) is 9.97 Å². The zero-order valence-electron chi connectivity index (χ0n) is 18.7. The van der Waals surface area contributed by atoms with Crippen molar-refractivity contribution in [1.29, 1.82) is 0 Å². The maximum absolute atomic E-state index is 5.63. The van der Waals surface area contributed by atoms with Gasteiger partial charge in [0.05, 0.1) is 12.3 Å². The first kappa shape index (κ1) is 21.1. The van der Waals surface area contributed by atoms with Crippen molar-refractivity contribution in [3.63, 3.8) is 0 Å². The SMILES string of the molecule is CCCOCc1cccc(Nc2nc(Nc3ccn4ccnc4c3)cc(N3CCCC3)n2)n1. The molecular formula is C24H28N8O. The lowest BCUT2D eigenvalue weighted by atomic mass is 10.3. The van der Waals surface area contributed by atoms with Crippen molar-refractivity contribution in [1.82, 2.24) is 24.3 Å². The van der Waals surface area contributed by atoms with E-state index in [0.29, 0.717) is 24.2 Å². The second-order valence-electron chi connectivity index (χ2n) is 8.05. The van der Waals surface area contributed by atoms with E-state index in [0.717, 1.165) is 49.0 Å². The van der Waals surface area contributed by atoms with Gasteiger partial charge in [0.2, 0.25) is 5.95 Å². The molecule has 4 aromatic heterocycles. The van der Waals surface area contributed by atoms with Gasteiger partial charge in [0.15, 0.2) is 0 Å². The summed E-state index contributed by atoms with van der Waals surface area (Å²) in [5.41, 5.74) is 2.66. The molecule has 0 atom stereocenters. The number of imidazole rings is 1. The third-order valence-corrected chi connectivity index (χ3v) is 5.46. The van der Waals surface area contributed by atoms with Crippen molar-refractivity contribution < 1.29 is 4.74 Å². The number of rotatable bonds is 9. The Morgan fingerprint density at radius 1 is 0.970 bits per heavy atom. The first-order valence-electron chi connectivity index (χ1n) is 11.4. The lowest BCUT2D eigenvalue weighted by molar-refractivity contribution is 0.119. The Labute approximate surface area is 192 Å². The molecule has 0 aromatic carbocycles. The second-order valence-corrected chi connectivity index (χ2v) is 8.05. The fourth-order valence-corrected chi connectivity index (χ4v) is 3.86. The summed E-state index contributed by atoms with van der Waals surface area (Å²) in [5.74, 6) is 2.81. The molecule has 1 aliphatic rings. The lowest BCUT2D eigenvalue weighted by Gasteiger charge is -2.19. The standard InChI is InChI=1S/C24H28N8O/c1-2-14-33-17-19-6-5-7-20(27-19)28-24-29-21(16-23(30-24)31-10-3-4-11-31)26-18-8-12-32-13-9-25-22(32)15-18/h5-9,12-13,15-16H,2-4,10-11,14,17H2,1H3,(H2,26,27,28,29,30). The minimum atomic E-state index is 0.487. The number of ether oxygens (including phenoxy) is 1. The highest BCUT2D eigenvalue weighted by molar-refractivity contribution is 5.65. The Hall–Kier alpha value is -3.72. The van der Waals surface area contributed by atoms with Crippen molar-refractivity contribution in [2.75, 3.05) is 35.2 Å². The van der Waals surface area contributed by atoms with Crippen LogP contribution in [-0.4, -0.2) is 44.0 Å². The van der Waals surface area contributed by atoms with Crippen LogP contribution < -0.4 is 15.5 Å². The van der Waals surface area contributed by atoms with Crippen LogP contribution in [0.4, 0.5) is 29.1 Å². The van der Waals surface area contributed by atoms with E-state index in [2.05, 4.69) is 32.4 Å². The highest BCUT2D eigenvalue weighted by Gasteiger charge is 2.16. The maximum Gasteiger partial charge on any atom is 0.232 e. The molecule has 0 unspecified atom stereocenters. The zero-order valence-corrected chi connectivity index (χ0v) is 18.7. The van der Waals surface area contributed by atoms with Crippen LogP contribution in [0.15, 0.2) is 55.0 Å². The zero-order chi connectivity index (χ0) is 22.5. The summed E-state index contributed by atoms with van der Waals surface area (Å²) in [6, 6.07) is 11.8. The Morgan fingerprint density at radius 2 is 1.88 bits per heavy atom. The van der Waals surface area contributed by atoms with Crippen molar-refractivity contribution >= 4 is 34.7 Å². The minimum Gasteiger partial charge on any atom is -0.375 e. The van der Waals surface area contributed by atoms with Crippen LogP contribution in [0.1, 0.15) is 31.9 Å². The normalized spacial score (nSPS) is 13.5. The maximum atomic E-state index is 5.63. The predicted octanol–water partition coefficient (Wildman–Crippen LogP) is 4.53. The average Bonchev–Trinajstić information content (AvgIpc) is 3.51. The summed E-state index contributed by atoms with van der Waals surface area (Å²) in [6.45, 7) is 5.30. The summed E-state index contributed by atoms with van der Waals surface area (Å²) in [5, 5.41) is 6.69. The van der Waals surface area contributed by atoms with Crippen LogP contribution in [0.2, 0.25) is 0 Å². The fraction of sp³-hybridized carbons (Fsp3) is 0.333. The molecule has 1 fully saturated rings.